The molecule has 0 aliphatic carbocycles. The van der Waals surface area contributed by atoms with Crippen LogP contribution in [0.25, 0.3) is 0 Å². The summed E-state index contributed by atoms with van der Waals surface area (Å²) in [6.07, 6.45) is 2.15. The van der Waals surface area contributed by atoms with Gasteiger partial charge in [-0.2, -0.15) is 0 Å². The van der Waals surface area contributed by atoms with E-state index >= 15 is 0 Å². The zero-order valence-electron chi connectivity index (χ0n) is 10.3. The van der Waals surface area contributed by atoms with E-state index in [2.05, 4.69) is 0 Å². The Morgan fingerprint density at radius 3 is 1.82 bits per heavy atom. The van der Waals surface area contributed by atoms with Crippen molar-refractivity contribution in [3.8, 4) is 0 Å². The second-order valence-electron chi connectivity index (χ2n) is 4.03. The first-order valence-corrected chi connectivity index (χ1v) is 8.95. The smallest absolute Gasteiger partial charge is 0.308 e. The largest absolute Gasteiger partial charge is 0.463 e. The zero-order chi connectivity index (χ0) is 13.9. The average molecular weight is 286 g/mol. The molecule has 1 unspecified atom stereocenters. The molecule has 0 N–H and O–H groups in total. The lowest BCUT2D eigenvalue weighted by atomic mass is 10.1. The zero-order valence-corrected chi connectivity index (χ0v) is 12.0. The van der Waals surface area contributed by atoms with Crippen molar-refractivity contribution in [2.75, 3.05) is 19.1 Å². The van der Waals surface area contributed by atoms with E-state index in [9.17, 15) is 21.6 Å². The van der Waals surface area contributed by atoms with Crippen LogP contribution in [0.2, 0.25) is 0 Å². The molecule has 0 radical (unpaired) electrons. The van der Waals surface area contributed by atoms with Crippen molar-refractivity contribution in [2.24, 2.45) is 5.92 Å². The summed E-state index contributed by atoms with van der Waals surface area (Å²) in [4.78, 5) is 11.3. The maximum Gasteiger partial charge on any atom is 0.308 e. The topological polar surface area (TPSA) is 94.6 Å². The molecule has 0 saturated carbocycles. The van der Waals surface area contributed by atoms with Crippen LogP contribution in [0.4, 0.5) is 0 Å². The standard InChI is InChI=1S/C9H18O6S2/c1-5-7(2)9(10)15-6-8(16(3,11)12)17(4,13)14/h7-8H,5-6H2,1-4H3. The van der Waals surface area contributed by atoms with Crippen LogP contribution in [0.5, 0.6) is 0 Å². The molecule has 17 heavy (non-hydrogen) atoms. The third-order valence-electron chi connectivity index (χ3n) is 2.33. The number of hydrogen-bond acceptors (Lipinski definition) is 6. The van der Waals surface area contributed by atoms with Gasteiger partial charge in [-0.25, -0.2) is 16.8 Å². The summed E-state index contributed by atoms with van der Waals surface area (Å²) in [5.41, 5.74) is 0. The second kappa shape index (κ2) is 5.81. The fraction of sp³-hybridized carbons (Fsp3) is 0.889. The SMILES string of the molecule is CCC(C)C(=O)OCC(S(C)(=O)=O)S(C)(=O)=O. The summed E-state index contributed by atoms with van der Waals surface area (Å²) >= 11 is 0. The third-order valence-corrected chi connectivity index (χ3v) is 6.61. The summed E-state index contributed by atoms with van der Waals surface area (Å²) in [6.45, 7) is 2.75. The molecule has 0 aromatic rings. The molecule has 6 nitrogen and oxygen atoms in total. The maximum atomic E-state index is 11.3. The molecule has 0 heterocycles. The number of rotatable bonds is 6. The van der Waals surface area contributed by atoms with Crippen LogP contribution in [0.15, 0.2) is 0 Å². The van der Waals surface area contributed by atoms with E-state index in [0.717, 1.165) is 12.5 Å². The van der Waals surface area contributed by atoms with E-state index in [1.54, 1.807) is 13.8 Å². The van der Waals surface area contributed by atoms with E-state index in [4.69, 9.17) is 4.74 Å². The Morgan fingerprint density at radius 1 is 1.12 bits per heavy atom. The van der Waals surface area contributed by atoms with E-state index in [1.807, 2.05) is 0 Å². The lowest BCUT2D eigenvalue weighted by Crippen LogP contribution is -2.35. The third kappa shape index (κ3) is 5.49. The van der Waals surface area contributed by atoms with Gasteiger partial charge in [-0.05, 0) is 6.42 Å². The Kier molecular flexibility index (Phi) is 5.60. The van der Waals surface area contributed by atoms with Gasteiger partial charge >= 0.3 is 5.97 Å². The molecule has 0 saturated heterocycles. The van der Waals surface area contributed by atoms with Crippen molar-refractivity contribution in [1.29, 1.82) is 0 Å². The van der Waals surface area contributed by atoms with Gasteiger partial charge in [0.15, 0.2) is 24.3 Å². The molecule has 1 atom stereocenters. The molecule has 0 amide bonds. The highest BCUT2D eigenvalue weighted by molar-refractivity contribution is 8.08. The van der Waals surface area contributed by atoms with Crippen LogP contribution in [-0.4, -0.2) is 46.5 Å². The van der Waals surface area contributed by atoms with Gasteiger partial charge in [0.2, 0.25) is 0 Å². The molecule has 0 aliphatic heterocycles. The first-order chi connectivity index (χ1) is 7.50. The number of esters is 1. The van der Waals surface area contributed by atoms with Gasteiger partial charge < -0.3 is 4.74 Å². The number of sulfone groups is 2. The van der Waals surface area contributed by atoms with Crippen LogP contribution >= 0.6 is 0 Å². The number of ether oxygens (including phenoxy) is 1. The summed E-state index contributed by atoms with van der Waals surface area (Å²) in [6, 6.07) is 0. The van der Waals surface area contributed by atoms with Crippen molar-refractivity contribution in [2.45, 2.75) is 24.9 Å². The Balaban J connectivity index is 4.79. The number of carbonyl (C=O) groups excluding carboxylic acids is 1. The normalized spacial score (nSPS) is 14.6. The van der Waals surface area contributed by atoms with Crippen molar-refractivity contribution in [3.05, 3.63) is 0 Å². The highest BCUT2D eigenvalue weighted by Crippen LogP contribution is 2.10. The van der Waals surface area contributed by atoms with E-state index in [-0.39, 0.29) is 5.92 Å². The molecule has 0 spiro atoms. The summed E-state index contributed by atoms with van der Waals surface area (Å²) in [5.74, 6) is -0.973. The minimum Gasteiger partial charge on any atom is -0.463 e. The molecular weight excluding hydrogens is 268 g/mol. The molecule has 0 bridgehead atoms. The Labute approximate surface area is 102 Å². The van der Waals surface area contributed by atoms with Crippen molar-refractivity contribution >= 4 is 25.6 Å². The predicted octanol–water partition coefficient (Wildman–Crippen LogP) is -0.00900. The number of hydrogen-bond donors (Lipinski definition) is 0. The van der Waals surface area contributed by atoms with Gasteiger partial charge in [-0.1, -0.05) is 13.8 Å². The molecular formula is C9H18O6S2. The fourth-order valence-electron chi connectivity index (χ4n) is 1.02. The van der Waals surface area contributed by atoms with Gasteiger partial charge in [0.25, 0.3) is 0 Å². The predicted molar refractivity (Wildman–Crippen MR) is 63.9 cm³/mol. The number of carbonyl (C=O) groups is 1. The Morgan fingerprint density at radius 2 is 1.53 bits per heavy atom. The Hall–Kier alpha value is -0.630. The van der Waals surface area contributed by atoms with Crippen molar-refractivity contribution < 1.29 is 26.4 Å². The van der Waals surface area contributed by atoms with Crippen LogP contribution in [0.3, 0.4) is 0 Å². The molecule has 0 fully saturated rings. The molecule has 8 heteroatoms. The van der Waals surface area contributed by atoms with Gasteiger partial charge in [-0.3, -0.25) is 4.79 Å². The summed E-state index contributed by atoms with van der Waals surface area (Å²) in [7, 11) is -7.63. The molecule has 0 rings (SSSR count). The lowest BCUT2D eigenvalue weighted by molar-refractivity contribution is -0.147. The summed E-state index contributed by atoms with van der Waals surface area (Å²) in [5, 5.41) is 0. The van der Waals surface area contributed by atoms with Crippen LogP contribution in [0, 0.1) is 5.92 Å². The van der Waals surface area contributed by atoms with Crippen LogP contribution in [0.1, 0.15) is 20.3 Å². The maximum absolute atomic E-state index is 11.3. The second-order valence-corrected chi connectivity index (χ2v) is 8.78. The highest BCUT2D eigenvalue weighted by Gasteiger charge is 2.33. The first-order valence-electron chi connectivity index (χ1n) is 5.04. The van der Waals surface area contributed by atoms with Crippen LogP contribution in [-0.2, 0) is 29.2 Å². The lowest BCUT2D eigenvalue weighted by Gasteiger charge is -2.15. The van der Waals surface area contributed by atoms with Crippen molar-refractivity contribution in [3.63, 3.8) is 0 Å². The van der Waals surface area contributed by atoms with E-state index in [0.29, 0.717) is 6.42 Å². The highest BCUT2D eigenvalue weighted by atomic mass is 32.3. The monoisotopic (exact) mass is 286 g/mol. The quantitative estimate of drug-likeness (QED) is 0.637. The molecule has 102 valence electrons. The van der Waals surface area contributed by atoms with Gasteiger partial charge in [0.05, 0.1) is 5.92 Å². The van der Waals surface area contributed by atoms with Crippen molar-refractivity contribution in [1.82, 2.24) is 0 Å². The average Bonchev–Trinajstić information content (AvgIpc) is 2.12. The molecule has 0 aromatic heterocycles. The molecule has 0 aliphatic rings. The van der Waals surface area contributed by atoms with Crippen LogP contribution < -0.4 is 0 Å². The molecule has 0 aromatic carbocycles. The summed E-state index contributed by atoms with van der Waals surface area (Å²) < 4.78 is 48.1. The van der Waals surface area contributed by atoms with E-state index in [1.165, 1.54) is 0 Å². The van der Waals surface area contributed by atoms with Gasteiger partial charge in [0, 0.05) is 12.5 Å². The van der Waals surface area contributed by atoms with Gasteiger partial charge in [0.1, 0.15) is 6.61 Å². The fourth-order valence-corrected chi connectivity index (χ4v) is 4.19. The minimum absolute atomic E-state index is 0.380. The van der Waals surface area contributed by atoms with E-state index < -0.39 is 36.8 Å². The Bertz CT molecular complexity index is 430. The van der Waals surface area contributed by atoms with Gasteiger partial charge in [-0.15, -0.1) is 0 Å². The first kappa shape index (κ1) is 16.4. The minimum atomic E-state index is -3.82.